The molecule has 0 atom stereocenters. The fourth-order valence-electron chi connectivity index (χ4n) is 11.4. The Labute approximate surface area is 774 Å². The Morgan fingerprint density at radius 1 is 0.338 bits per heavy atom. The van der Waals surface area contributed by atoms with Crippen molar-refractivity contribution in [3.05, 3.63) is 429 Å². The lowest BCUT2D eigenvalue weighted by molar-refractivity contribution is -0.380. The van der Waals surface area contributed by atoms with Crippen molar-refractivity contribution in [2.24, 2.45) is 0 Å². The fourth-order valence-corrected chi connectivity index (χ4v) is 15.9. The summed E-state index contributed by atoms with van der Waals surface area (Å²) in [6.45, 7) is 0.187. The van der Waals surface area contributed by atoms with E-state index in [-0.39, 0.29) is 52.8 Å². The molecule has 0 saturated heterocycles. The zero-order chi connectivity index (χ0) is 90.3. The molecular formula is C96H65ClN16O10S7. The first-order chi connectivity index (χ1) is 63.5. The molecule has 0 radical (unpaired) electrons. The van der Waals surface area contributed by atoms with E-state index in [1.165, 1.54) is 45.7 Å². The molecule has 34 heteroatoms. The van der Waals surface area contributed by atoms with Crippen LogP contribution in [0, 0.1) is 32.8 Å². The predicted octanol–water partition coefficient (Wildman–Crippen LogP) is 22.3. The molecule has 0 saturated carbocycles. The zero-order valence-electron chi connectivity index (χ0n) is 67.6. The largest absolute Gasteiger partial charge is 0.454 e. The van der Waals surface area contributed by atoms with Crippen molar-refractivity contribution >= 4 is 204 Å². The molecule has 638 valence electrons. The number of hydrogen-bond donors (Lipinski definition) is 0. The van der Waals surface area contributed by atoms with Crippen molar-refractivity contribution in [2.45, 2.75) is 0 Å². The number of ether oxygens (including phenoxy) is 2. The van der Waals surface area contributed by atoms with E-state index >= 15 is 0 Å². The molecule has 0 unspecified atom stereocenters. The molecule has 0 amide bonds. The van der Waals surface area contributed by atoms with E-state index in [4.69, 9.17) is 31.6 Å². The van der Waals surface area contributed by atoms with Crippen LogP contribution in [-0.2, 0) is 0 Å². The molecule has 15 heterocycles. The summed E-state index contributed by atoms with van der Waals surface area (Å²) in [7, 11) is 0. The standard InChI is InChI=1S/2C17H11N3OS.C17H12N2O3S.C16H12N2OS.C15H10ClN3OS.C14H9N3O3S2/c18-12-13-3-1-4-14(11-13)17(21)20-9-8-15(19-20)6-7-16-5-2-10-22-16;18-12-13-3-5-14(6-4-13)17(21)20-10-9-15(19-20)7-8-16-2-1-11-22-16;20-17(12-3-6-15-16(10-12)22-11-21-15)19-8-7-13(18-19)4-5-14-2-1-9-23-14;19-16(13-5-2-1-3-6-13)18-11-10-14(17-18)8-9-15-7-4-12-20-15;16-14-6-3-11(10-17-14)15(20)19-8-7-12(18-19)4-5-13-2-1-9-21-13;18-14(10-8-13(17(19)20)22-9-10)16-6-5-11(15-16)3-4-12-2-1-7-21-12/h2*1-11H;1-10H,11H2;1-12H;1-10H;1-9H/b7-6+;8-7+;5-4+;9-8+;5-4+;4-3+. The first-order valence-electron chi connectivity index (χ1n) is 38.7. The van der Waals surface area contributed by atoms with Gasteiger partial charge >= 0.3 is 5.00 Å². The quantitative estimate of drug-likeness (QED) is 0.0412. The molecule has 26 nitrogen and oxygen atoms in total. The van der Waals surface area contributed by atoms with Gasteiger partial charge < -0.3 is 9.47 Å². The van der Waals surface area contributed by atoms with Gasteiger partial charge in [-0.25, -0.2) is 33.1 Å². The number of nitro groups is 1. The van der Waals surface area contributed by atoms with Crippen LogP contribution >= 0.6 is 91.0 Å². The van der Waals surface area contributed by atoms with Crippen LogP contribution in [0.4, 0.5) is 5.00 Å². The maximum atomic E-state index is 12.5. The van der Waals surface area contributed by atoms with E-state index in [9.17, 15) is 38.9 Å². The second kappa shape index (κ2) is 45.2. The lowest BCUT2D eigenvalue weighted by atomic mass is 10.1. The minimum absolute atomic E-state index is 0.0617. The third-order valence-corrected chi connectivity index (χ3v) is 23.9. The van der Waals surface area contributed by atoms with Crippen LogP contribution in [0.2, 0.25) is 5.15 Å². The molecule has 1 aliphatic heterocycles. The number of pyridine rings is 1. The highest BCUT2D eigenvalue weighted by atomic mass is 35.5. The lowest BCUT2D eigenvalue weighted by Crippen LogP contribution is -2.12. The van der Waals surface area contributed by atoms with Gasteiger partial charge in [-0.05, 0) is 263 Å². The Hall–Kier alpha value is -16.1. The van der Waals surface area contributed by atoms with Crippen molar-refractivity contribution in [3.63, 3.8) is 0 Å². The monoisotopic (exact) mass is 1860 g/mol. The van der Waals surface area contributed by atoms with E-state index < -0.39 is 4.92 Å². The number of thiophene rings is 7. The van der Waals surface area contributed by atoms with E-state index in [1.807, 2.05) is 214 Å². The van der Waals surface area contributed by atoms with Gasteiger partial charge in [-0.2, -0.15) is 41.1 Å². The van der Waals surface area contributed by atoms with Gasteiger partial charge in [0.15, 0.2) is 11.5 Å². The number of rotatable bonds is 19. The number of nitriles is 2. The highest BCUT2D eigenvalue weighted by molar-refractivity contribution is 7.14. The molecule has 0 N–H and O–H groups in total. The highest BCUT2D eigenvalue weighted by Gasteiger charge is 2.21. The van der Waals surface area contributed by atoms with Crippen LogP contribution in [0.25, 0.3) is 72.9 Å². The van der Waals surface area contributed by atoms with E-state index in [0.717, 1.165) is 63.4 Å². The van der Waals surface area contributed by atoms with Crippen molar-refractivity contribution in [3.8, 4) is 23.6 Å². The molecule has 0 fully saturated rings. The maximum absolute atomic E-state index is 12.5. The third-order valence-electron chi connectivity index (χ3n) is 17.8. The third kappa shape index (κ3) is 25.6. The summed E-state index contributed by atoms with van der Waals surface area (Å²) in [5.74, 6) is -0.203. The summed E-state index contributed by atoms with van der Waals surface area (Å²) in [6.07, 6.45) is 34.2. The number of hydrogen-bond acceptors (Lipinski definition) is 26. The van der Waals surface area contributed by atoms with Gasteiger partial charge in [0.2, 0.25) is 6.79 Å². The minimum Gasteiger partial charge on any atom is -0.454 e. The molecular weight excluding hydrogens is 1800 g/mol. The molecule has 1 aliphatic rings. The normalized spacial score (nSPS) is 11.3. The minimum atomic E-state index is -0.514. The van der Waals surface area contributed by atoms with Crippen LogP contribution in [0.3, 0.4) is 0 Å². The van der Waals surface area contributed by atoms with Crippen LogP contribution in [0.5, 0.6) is 11.5 Å². The van der Waals surface area contributed by atoms with Crippen LogP contribution in [0.1, 0.15) is 137 Å². The topological polar surface area (TPSA) is 331 Å². The molecule has 4 aromatic carbocycles. The van der Waals surface area contributed by atoms with Crippen molar-refractivity contribution in [2.75, 3.05) is 6.79 Å². The van der Waals surface area contributed by atoms with Gasteiger partial charge in [-0.1, -0.05) is 83.6 Å². The fraction of sp³-hybridized carbons (Fsp3) is 0.0104. The summed E-state index contributed by atoms with van der Waals surface area (Å²) < 4.78 is 18.3. The number of benzene rings is 4. The number of fused-ring (bicyclic) bond motifs is 1. The first-order valence-corrected chi connectivity index (χ1v) is 45.2. The number of aromatic nitrogens is 13. The second-order valence-corrected chi connectivity index (χ2v) is 33.8. The van der Waals surface area contributed by atoms with Crippen LogP contribution < -0.4 is 9.47 Å². The van der Waals surface area contributed by atoms with Crippen LogP contribution in [0.15, 0.2) is 305 Å². The van der Waals surface area contributed by atoms with Gasteiger partial charge in [0.1, 0.15) is 5.15 Å². The van der Waals surface area contributed by atoms with E-state index in [2.05, 4.69) is 35.6 Å². The molecule has 19 rings (SSSR count). The average molecular weight is 1860 g/mol. The lowest BCUT2D eigenvalue weighted by Gasteiger charge is -2.02. The number of carbonyl (C=O) groups is 6. The van der Waals surface area contributed by atoms with E-state index in [1.54, 1.807) is 227 Å². The molecule has 0 aliphatic carbocycles. The van der Waals surface area contributed by atoms with Crippen molar-refractivity contribution in [1.29, 1.82) is 10.5 Å². The molecule has 0 bridgehead atoms. The molecule has 0 spiro atoms. The molecule has 18 aromatic rings. The SMILES string of the molecule is N#Cc1ccc(C(=O)n2ccc(/C=C/c3cccs3)n2)cc1.N#Cc1cccc(C(=O)n2ccc(/C=C/c3cccs3)n2)c1.O=C(c1ccc(Cl)nc1)n1ccc(/C=C/c2cccs2)n1.O=C(c1ccc2c(c1)OCO2)n1ccc(/C=C/c2cccs2)n1.O=C(c1ccccc1)n1ccc(/C=C/c2cccs2)n1.O=C(c1csc([N+](=O)[O-])c1)n1ccc(/C=C/c2cccs2)n1. The Morgan fingerprint density at radius 3 is 1.02 bits per heavy atom. The van der Waals surface area contributed by atoms with Gasteiger partial charge in [0, 0.05) is 106 Å². The van der Waals surface area contributed by atoms with E-state index in [0.29, 0.717) is 67.0 Å². The summed E-state index contributed by atoms with van der Waals surface area (Å²) in [6, 6.07) is 70.5. The van der Waals surface area contributed by atoms with Gasteiger partial charge in [-0.15, -0.1) is 68.0 Å². The maximum Gasteiger partial charge on any atom is 0.324 e. The smallest absolute Gasteiger partial charge is 0.324 e. The van der Waals surface area contributed by atoms with Gasteiger partial charge in [-0.3, -0.25) is 38.9 Å². The molecule has 130 heavy (non-hydrogen) atoms. The highest BCUT2D eigenvalue weighted by Crippen LogP contribution is 2.33. The Balaban J connectivity index is 0.000000126. The Kier molecular flexibility index (Phi) is 31.3. The Morgan fingerprint density at radius 2 is 0.669 bits per heavy atom. The summed E-state index contributed by atoms with van der Waals surface area (Å²) in [5.41, 5.74) is 8.04. The number of halogens is 1. The first kappa shape index (κ1) is 90.2. The Bertz CT molecular complexity index is 7160. The summed E-state index contributed by atoms with van der Waals surface area (Å²) in [5, 5.41) is 67.5. The summed E-state index contributed by atoms with van der Waals surface area (Å²) in [4.78, 5) is 94.5. The molecule has 14 aromatic heterocycles. The number of nitrogens with zero attached hydrogens (tertiary/aromatic N) is 16. The van der Waals surface area contributed by atoms with Crippen molar-refractivity contribution in [1.82, 2.24) is 63.7 Å². The second-order valence-electron chi connectivity index (χ2n) is 26.7. The van der Waals surface area contributed by atoms with Crippen LogP contribution in [-0.4, -0.2) is 111 Å². The predicted molar refractivity (Wildman–Crippen MR) is 513 cm³/mol. The number of carbonyl (C=O) groups excluding carboxylic acids is 6. The van der Waals surface area contributed by atoms with Gasteiger partial charge in [0.05, 0.1) is 73.5 Å². The summed E-state index contributed by atoms with van der Waals surface area (Å²) >= 11 is 16.5. The zero-order valence-corrected chi connectivity index (χ0v) is 74.0. The van der Waals surface area contributed by atoms with Gasteiger partial charge in [0.25, 0.3) is 35.4 Å². The van der Waals surface area contributed by atoms with Crippen molar-refractivity contribution < 1.29 is 43.2 Å². The average Bonchev–Trinajstić information content (AvgIpc) is 1.66.